The molecule has 0 aliphatic rings. The van der Waals surface area contributed by atoms with E-state index in [1.807, 2.05) is 30.3 Å². The first-order valence-electron chi connectivity index (χ1n) is 7.69. The van der Waals surface area contributed by atoms with E-state index in [9.17, 15) is 14.3 Å². The molecule has 1 N–H and O–H groups in total. The Morgan fingerprint density at radius 1 is 1.21 bits per heavy atom. The summed E-state index contributed by atoms with van der Waals surface area (Å²) in [5.41, 5.74) is -0.229. The lowest BCUT2D eigenvalue weighted by molar-refractivity contribution is 0.0277. The lowest BCUT2D eigenvalue weighted by atomic mass is 10.1. The number of ether oxygens (including phenoxy) is 1. The van der Waals surface area contributed by atoms with Crippen molar-refractivity contribution in [1.82, 2.24) is 4.90 Å². The highest BCUT2D eigenvalue weighted by molar-refractivity contribution is 5.94. The lowest BCUT2D eigenvalue weighted by Crippen LogP contribution is -2.42. The second-order valence-electron chi connectivity index (χ2n) is 6.31. The molecule has 2 rings (SSSR count). The molecule has 0 unspecified atom stereocenters. The molecule has 0 fully saturated rings. The first-order chi connectivity index (χ1) is 11.3. The van der Waals surface area contributed by atoms with Crippen molar-refractivity contribution >= 4 is 5.91 Å². The predicted octanol–water partition coefficient (Wildman–Crippen LogP) is 3.25. The zero-order valence-corrected chi connectivity index (χ0v) is 14.1. The van der Waals surface area contributed by atoms with Crippen LogP contribution in [0.25, 0.3) is 0 Å². The van der Waals surface area contributed by atoms with Crippen molar-refractivity contribution < 1.29 is 19.0 Å². The molecule has 0 atom stereocenters. The monoisotopic (exact) mass is 331 g/mol. The van der Waals surface area contributed by atoms with Crippen LogP contribution in [0.15, 0.2) is 48.5 Å². The number of nitrogens with zero attached hydrogens (tertiary/aromatic N) is 1. The Hall–Kier alpha value is -2.40. The first-order valence-corrected chi connectivity index (χ1v) is 7.69. The summed E-state index contributed by atoms with van der Waals surface area (Å²) in [6.07, 6.45) is 0. The standard InChI is InChI=1S/C19H22FNO3/c1-19(2,23)13-21(12-14-7-5-4-6-8-14)18(22)16-10-9-15(24-3)11-17(16)20/h4-11,23H,12-13H2,1-3H3. The van der Waals surface area contributed by atoms with Gasteiger partial charge in [0.2, 0.25) is 0 Å². The summed E-state index contributed by atoms with van der Waals surface area (Å²) in [6.45, 7) is 3.60. The second-order valence-corrected chi connectivity index (χ2v) is 6.31. The van der Waals surface area contributed by atoms with Gasteiger partial charge in [-0.05, 0) is 31.5 Å². The molecule has 24 heavy (non-hydrogen) atoms. The first kappa shape index (κ1) is 17.9. The largest absolute Gasteiger partial charge is 0.497 e. The molecule has 0 heterocycles. The predicted molar refractivity (Wildman–Crippen MR) is 90.4 cm³/mol. The molecule has 2 aromatic carbocycles. The zero-order valence-electron chi connectivity index (χ0n) is 14.1. The van der Waals surface area contributed by atoms with Crippen LogP contribution in [0, 0.1) is 5.82 Å². The fourth-order valence-corrected chi connectivity index (χ4v) is 2.44. The summed E-state index contributed by atoms with van der Waals surface area (Å²) < 4.78 is 19.2. The quantitative estimate of drug-likeness (QED) is 0.884. The molecule has 0 aliphatic heterocycles. The maximum absolute atomic E-state index is 14.2. The van der Waals surface area contributed by atoms with Gasteiger partial charge in [0.05, 0.1) is 18.3 Å². The van der Waals surface area contributed by atoms with Crippen molar-refractivity contribution in [3.63, 3.8) is 0 Å². The van der Waals surface area contributed by atoms with Crippen LogP contribution in [0.4, 0.5) is 4.39 Å². The van der Waals surface area contributed by atoms with Gasteiger partial charge >= 0.3 is 0 Å². The number of hydrogen-bond donors (Lipinski definition) is 1. The highest BCUT2D eigenvalue weighted by atomic mass is 19.1. The molecule has 0 radical (unpaired) electrons. The Labute approximate surface area is 141 Å². The van der Waals surface area contributed by atoms with Gasteiger partial charge in [-0.1, -0.05) is 30.3 Å². The van der Waals surface area contributed by atoms with Crippen LogP contribution >= 0.6 is 0 Å². The molecule has 0 aliphatic carbocycles. The Kier molecular flexibility index (Phi) is 5.57. The van der Waals surface area contributed by atoms with Gasteiger partial charge in [-0.3, -0.25) is 4.79 Å². The summed E-state index contributed by atoms with van der Waals surface area (Å²) in [5, 5.41) is 10.1. The molecule has 0 spiro atoms. The summed E-state index contributed by atoms with van der Waals surface area (Å²) in [6, 6.07) is 13.5. The summed E-state index contributed by atoms with van der Waals surface area (Å²) in [7, 11) is 1.44. The molecule has 0 saturated heterocycles. The SMILES string of the molecule is COc1ccc(C(=O)N(Cc2ccccc2)CC(C)(C)O)c(F)c1. The molecule has 1 amide bonds. The third kappa shape index (κ3) is 4.80. The Bertz CT molecular complexity index is 696. The molecule has 0 aromatic heterocycles. The van der Waals surface area contributed by atoms with Crippen LogP contribution in [-0.4, -0.2) is 35.2 Å². The van der Waals surface area contributed by atoms with Gasteiger partial charge in [-0.2, -0.15) is 0 Å². The smallest absolute Gasteiger partial charge is 0.257 e. The highest BCUT2D eigenvalue weighted by Crippen LogP contribution is 2.20. The molecule has 2 aromatic rings. The van der Waals surface area contributed by atoms with Crippen LogP contribution < -0.4 is 4.74 Å². The van der Waals surface area contributed by atoms with Crippen LogP contribution in [0.5, 0.6) is 5.75 Å². The number of methoxy groups -OCH3 is 1. The third-order valence-corrected chi connectivity index (χ3v) is 3.49. The van der Waals surface area contributed by atoms with Gasteiger partial charge in [0, 0.05) is 19.2 Å². The minimum atomic E-state index is -1.09. The maximum Gasteiger partial charge on any atom is 0.257 e. The van der Waals surface area contributed by atoms with Crippen molar-refractivity contribution in [2.45, 2.75) is 26.0 Å². The zero-order chi connectivity index (χ0) is 17.7. The van der Waals surface area contributed by atoms with Gasteiger partial charge < -0.3 is 14.7 Å². The van der Waals surface area contributed by atoms with Crippen molar-refractivity contribution in [2.75, 3.05) is 13.7 Å². The van der Waals surface area contributed by atoms with E-state index in [2.05, 4.69) is 0 Å². The topological polar surface area (TPSA) is 49.8 Å². The molecule has 0 saturated carbocycles. The van der Waals surface area contributed by atoms with Gasteiger partial charge in [-0.25, -0.2) is 4.39 Å². The lowest BCUT2D eigenvalue weighted by Gasteiger charge is -2.29. The summed E-state index contributed by atoms with van der Waals surface area (Å²) in [5.74, 6) is -0.768. The van der Waals surface area contributed by atoms with E-state index in [4.69, 9.17) is 4.74 Å². The van der Waals surface area contributed by atoms with E-state index in [1.54, 1.807) is 19.9 Å². The minimum absolute atomic E-state index is 0.0454. The maximum atomic E-state index is 14.2. The highest BCUT2D eigenvalue weighted by Gasteiger charge is 2.25. The van der Waals surface area contributed by atoms with Crippen molar-refractivity contribution in [3.8, 4) is 5.75 Å². The molecule has 4 nitrogen and oxygen atoms in total. The molecule has 128 valence electrons. The van der Waals surface area contributed by atoms with E-state index in [0.717, 1.165) is 5.56 Å². The Morgan fingerprint density at radius 3 is 2.42 bits per heavy atom. The van der Waals surface area contributed by atoms with Crippen molar-refractivity contribution in [2.24, 2.45) is 0 Å². The number of aliphatic hydroxyl groups is 1. The average molecular weight is 331 g/mol. The number of carbonyl (C=O) groups is 1. The van der Waals surface area contributed by atoms with Gasteiger partial charge in [-0.15, -0.1) is 0 Å². The normalized spacial score (nSPS) is 11.2. The van der Waals surface area contributed by atoms with E-state index in [1.165, 1.54) is 24.1 Å². The Balaban J connectivity index is 2.30. The number of halogens is 1. The molecular weight excluding hydrogens is 309 g/mol. The van der Waals surface area contributed by atoms with Crippen molar-refractivity contribution in [3.05, 3.63) is 65.5 Å². The van der Waals surface area contributed by atoms with E-state index >= 15 is 0 Å². The summed E-state index contributed by atoms with van der Waals surface area (Å²) in [4.78, 5) is 14.2. The van der Waals surface area contributed by atoms with E-state index < -0.39 is 17.3 Å². The molecular formula is C19H22FNO3. The van der Waals surface area contributed by atoms with Crippen LogP contribution in [0.3, 0.4) is 0 Å². The Morgan fingerprint density at radius 2 is 1.88 bits per heavy atom. The average Bonchev–Trinajstić information content (AvgIpc) is 2.53. The fraction of sp³-hybridized carbons (Fsp3) is 0.316. The van der Waals surface area contributed by atoms with Gasteiger partial charge in [0.25, 0.3) is 5.91 Å². The summed E-state index contributed by atoms with van der Waals surface area (Å²) >= 11 is 0. The van der Waals surface area contributed by atoms with Crippen LogP contribution in [0.1, 0.15) is 29.8 Å². The van der Waals surface area contributed by atoms with Crippen LogP contribution in [-0.2, 0) is 6.54 Å². The number of amides is 1. The van der Waals surface area contributed by atoms with E-state index in [0.29, 0.717) is 5.75 Å². The minimum Gasteiger partial charge on any atom is -0.497 e. The number of hydrogen-bond acceptors (Lipinski definition) is 3. The second kappa shape index (κ2) is 7.45. The van der Waals surface area contributed by atoms with E-state index in [-0.39, 0.29) is 18.7 Å². The number of carbonyl (C=O) groups excluding carboxylic acids is 1. The van der Waals surface area contributed by atoms with Gasteiger partial charge in [0.15, 0.2) is 0 Å². The third-order valence-electron chi connectivity index (χ3n) is 3.49. The fourth-order valence-electron chi connectivity index (χ4n) is 2.44. The van der Waals surface area contributed by atoms with Crippen LogP contribution in [0.2, 0.25) is 0 Å². The molecule has 0 bridgehead atoms. The number of rotatable bonds is 6. The van der Waals surface area contributed by atoms with Crippen molar-refractivity contribution in [1.29, 1.82) is 0 Å². The molecule has 5 heteroatoms. The van der Waals surface area contributed by atoms with Gasteiger partial charge in [0.1, 0.15) is 11.6 Å². The number of benzene rings is 2.